The van der Waals surface area contributed by atoms with Gasteiger partial charge in [0.05, 0.1) is 0 Å². The summed E-state index contributed by atoms with van der Waals surface area (Å²) in [6.45, 7) is 11.1. The van der Waals surface area contributed by atoms with Crippen molar-refractivity contribution < 1.29 is 24.6 Å². The Balaban J connectivity index is 0.000000118. The van der Waals surface area contributed by atoms with Gasteiger partial charge in [-0.25, -0.2) is 0 Å². The summed E-state index contributed by atoms with van der Waals surface area (Å²) in [5.41, 5.74) is -0.497. The Morgan fingerprint density at radius 1 is 0.484 bits per heavy atom. The molecule has 12 aliphatic rings. The van der Waals surface area contributed by atoms with Gasteiger partial charge in [0, 0.05) is 94.2 Å². The fourth-order valence-corrected chi connectivity index (χ4v) is 16.8. The van der Waals surface area contributed by atoms with Crippen LogP contribution < -0.4 is 0 Å². The molecule has 0 aromatic heterocycles. The second-order valence-electron chi connectivity index (χ2n) is 23.2. The van der Waals surface area contributed by atoms with Gasteiger partial charge in [-0.2, -0.15) is 0 Å². The van der Waals surface area contributed by atoms with Crippen molar-refractivity contribution >= 4 is 0 Å². The highest BCUT2D eigenvalue weighted by atomic mass is 16.6. The molecule has 0 spiro atoms. The Morgan fingerprint density at radius 3 is 1.60 bits per heavy atom. The van der Waals surface area contributed by atoms with E-state index >= 15 is 0 Å². The summed E-state index contributed by atoms with van der Waals surface area (Å²) >= 11 is 0. The minimum atomic E-state index is -0.497. The summed E-state index contributed by atoms with van der Waals surface area (Å²) in [6, 6.07) is -0.869. The number of rotatable bonds is 6. The summed E-state index contributed by atoms with van der Waals surface area (Å²) < 4.78 is 0. The molecule has 350 valence electrons. The fourth-order valence-electron chi connectivity index (χ4n) is 16.8. The molecule has 15 heteroatoms. The van der Waals surface area contributed by atoms with Crippen LogP contribution in [0.2, 0.25) is 0 Å². The van der Waals surface area contributed by atoms with E-state index in [1.54, 1.807) is 0 Å². The number of nitrogens with zero attached hydrogens (tertiary/aromatic N) is 5. The first kappa shape index (κ1) is 47.0. The maximum atomic E-state index is 11.2. The smallest absolute Gasteiger partial charge is 0.223 e. The van der Waals surface area contributed by atoms with Crippen LogP contribution in [0, 0.1) is 145 Å². The van der Waals surface area contributed by atoms with E-state index in [4.69, 9.17) is 0 Å². The van der Waals surface area contributed by atoms with Gasteiger partial charge >= 0.3 is 0 Å². The maximum absolute atomic E-state index is 11.2. The van der Waals surface area contributed by atoms with Gasteiger partial charge in [0.25, 0.3) is 0 Å². The SMILES string of the molecule is CC1C2CC3CC1CC([N+](=O)[O-])(C3)C2.CC1CC2CC1C([N+](=O)[O-])C2.CC1CC2CC1C1C3CC(CC3[N+](=O)[O-])C21.CC1CCC([N+](=O)[O-])CC1.CCC1CCCC([N+](=O)[O-])C1. The van der Waals surface area contributed by atoms with Gasteiger partial charge in [0.15, 0.2) is 0 Å². The van der Waals surface area contributed by atoms with E-state index in [0.717, 1.165) is 125 Å². The Morgan fingerprint density at radius 2 is 1.06 bits per heavy atom. The molecule has 15 nitrogen and oxygen atoms in total. The van der Waals surface area contributed by atoms with Crippen LogP contribution in [0.25, 0.3) is 0 Å². The van der Waals surface area contributed by atoms with Gasteiger partial charge in [0.2, 0.25) is 29.7 Å². The quantitative estimate of drug-likeness (QED) is 0.140. The first-order chi connectivity index (χ1) is 29.4. The molecular weight excluding hydrogens is 795 g/mol. The third-order valence-electron chi connectivity index (χ3n) is 19.8. The normalized spacial score (nSPS) is 47.9. The largest absolute Gasteiger partial charge is 0.264 e. The van der Waals surface area contributed by atoms with Crippen molar-refractivity contribution in [1.82, 2.24) is 0 Å². The van der Waals surface area contributed by atoms with Crippen molar-refractivity contribution in [2.75, 3.05) is 0 Å². The van der Waals surface area contributed by atoms with Crippen LogP contribution in [-0.2, 0) is 0 Å². The lowest BCUT2D eigenvalue weighted by molar-refractivity contribution is -0.590. The van der Waals surface area contributed by atoms with Gasteiger partial charge in [-0.3, -0.25) is 50.6 Å². The van der Waals surface area contributed by atoms with Crippen molar-refractivity contribution in [3.05, 3.63) is 50.6 Å². The Kier molecular flexibility index (Phi) is 14.6. The molecule has 0 N–H and O–H groups in total. The molecule has 0 aromatic rings. The first-order valence-electron chi connectivity index (χ1n) is 25.1. The van der Waals surface area contributed by atoms with Gasteiger partial charge in [-0.15, -0.1) is 0 Å². The molecule has 12 saturated carbocycles. The van der Waals surface area contributed by atoms with Crippen molar-refractivity contribution in [1.29, 1.82) is 0 Å². The standard InChI is InChI=1S/C13H19NO2.C11H17NO2.C8H13NO2.C8H15NO2.C7H13NO2/c1-6-2-7-3-9(6)13-10-4-8(12(7)13)5-11(10)14(15)16;1-7-9-2-8-3-10(7)6-11(4-8,5-9)12(13)14;1-5-2-6-3-7(5)8(4-6)9(10)11;1-2-7-4-3-5-8(6-7)9(10)11;1-6-2-4-7(5-3-6)8(9)10/h6-13H,2-5H2,1H3;7-10H,2-6H2,1H3;5-8H,2-4H2,1H3;7-8H,2-6H2,1H3;6-7H,2-5H2,1H3. The zero-order valence-electron chi connectivity index (χ0n) is 38.2. The van der Waals surface area contributed by atoms with Crippen molar-refractivity contribution in [2.45, 2.75) is 199 Å². The molecular formula is C47H77N5O10. The lowest BCUT2D eigenvalue weighted by atomic mass is 9.49. The molecule has 0 aromatic carbocycles. The van der Waals surface area contributed by atoms with Crippen LogP contribution >= 0.6 is 0 Å². The molecule has 12 fully saturated rings. The summed E-state index contributed by atoms with van der Waals surface area (Å²) in [5.74, 6) is 11.1. The molecule has 62 heavy (non-hydrogen) atoms. The van der Waals surface area contributed by atoms with Crippen LogP contribution in [0.15, 0.2) is 0 Å². The molecule has 12 rings (SSSR count). The highest BCUT2D eigenvalue weighted by molar-refractivity contribution is 5.12. The number of nitro groups is 5. The average molecular weight is 872 g/mol. The van der Waals surface area contributed by atoms with Crippen LogP contribution in [0.4, 0.5) is 0 Å². The van der Waals surface area contributed by atoms with Crippen molar-refractivity contribution in [3.8, 4) is 0 Å². The molecule has 10 bridgehead atoms. The molecule has 0 heterocycles. The molecule has 16 atom stereocenters. The second-order valence-corrected chi connectivity index (χ2v) is 23.2. The van der Waals surface area contributed by atoms with Gasteiger partial charge in [0.1, 0.15) is 0 Å². The van der Waals surface area contributed by atoms with E-state index < -0.39 is 5.54 Å². The Hall–Kier alpha value is -3.00. The third-order valence-corrected chi connectivity index (χ3v) is 19.8. The second kappa shape index (κ2) is 19.2. The Bertz CT molecular complexity index is 1620. The van der Waals surface area contributed by atoms with Gasteiger partial charge in [-0.05, 0) is 153 Å². The molecule has 16 unspecified atom stereocenters. The summed E-state index contributed by atoms with van der Waals surface area (Å²) in [7, 11) is 0. The minimum absolute atomic E-state index is 0.0253. The Labute approximate surface area is 368 Å². The van der Waals surface area contributed by atoms with E-state index in [-0.39, 0.29) is 48.8 Å². The zero-order valence-corrected chi connectivity index (χ0v) is 38.2. The number of fused-ring (bicyclic) bond motifs is 11. The third kappa shape index (κ3) is 9.66. The lowest BCUT2D eigenvalue weighted by Crippen LogP contribution is -2.57. The maximum Gasteiger partial charge on any atom is 0.223 e. The van der Waals surface area contributed by atoms with Crippen LogP contribution in [-0.4, -0.2) is 54.3 Å². The topological polar surface area (TPSA) is 216 Å². The van der Waals surface area contributed by atoms with E-state index in [1.807, 2.05) is 0 Å². The van der Waals surface area contributed by atoms with Crippen LogP contribution in [0.5, 0.6) is 0 Å². The molecule has 0 radical (unpaired) electrons. The van der Waals surface area contributed by atoms with Crippen LogP contribution in [0.1, 0.15) is 169 Å². The first-order valence-corrected chi connectivity index (χ1v) is 25.1. The van der Waals surface area contributed by atoms with Crippen molar-refractivity contribution in [3.63, 3.8) is 0 Å². The molecule has 0 saturated heterocycles. The van der Waals surface area contributed by atoms with E-state index in [9.17, 15) is 50.6 Å². The zero-order chi connectivity index (χ0) is 44.8. The molecule has 12 aliphatic carbocycles. The minimum Gasteiger partial charge on any atom is -0.264 e. The summed E-state index contributed by atoms with van der Waals surface area (Å²) in [4.78, 5) is 53.2. The highest BCUT2D eigenvalue weighted by Gasteiger charge is 2.67. The molecule has 0 aliphatic heterocycles. The number of hydrogen-bond acceptors (Lipinski definition) is 10. The van der Waals surface area contributed by atoms with Gasteiger partial charge < -0.3 is 0 Å². The predicted molar refractivity (Wildman–Crippen MR) is 234 cm³/mol. The predicted octanol–water partition coefficient (Wildman–Crippen LogP) is 10.8. The average Bonchev–Trinajstić information content (AvgIpc) is 4.10. The van der Waals surface area contributed by atoms with E-state index in [1.165, 1.54) is 44.9 Å². The number of hydrogen-bond donors (Lipinski definition) is 0. The van der Waals surface area contributed by atoms with E-state index in [0.29, 0.717) is 59.2 Å². The highest BCUT2D eigenvalue weighted by Crippen LogP contribution is 2.69. The summed E-state index contributed by atoms with van der Waals surface area (Å²) in [5, 5.41) is 53.5. The molecule has 0 amide bonds. The van der Waals surface area contributed by atoms with Crippen molar-refractivity contribution in [2.24, 2.45) is 94.7 Å². The van der Waals surface area contributed by atoms with E-state index in [2.05, 4.69) is 34.6 Å². The summed E-state index contributed by atoms with van der Waals surface area (Å²) in [6.07, 6.45) is 21.8. The lowest BCUT2D eigenvalue weighted by Gasteiger charge is -2.54. The fraction of sp³-hybridized carbons (Fsp3) is 1.00. The van der Waals surface area contributed by atoms with Gasteiger partial charge in [-0.1, -0.05) is 41.0 Å². The van der Waals surface area contributed by atoms with Crippen LogP contribution in [0.3, 0.4) is 0 Å². The monoisotopic (exact) mass is 872 g/mol.